The van der Waals surface area contributed by atoms with E-state index in [1.807, 2.05) is 13.0 Å². The Kier molecular flexibility index (Phi) is 5.93. The zero-order chi connectivity index (χ0) is 22.1. The van der Waals surface area contributed by atoms with Crippen LogP contribution in [0, 0.1) is 12.7 Å². The molecule has 31 heavy (non-hydrogen) atoms. The van der Waals surface area contributed by atoms with E-state index in [9.17, 15) is 18.8 Å². The largest absolute Gasteiger partial charge is 0.420 e. The lowest BCUT2D eigenvalue weighted by Crippen LogP contribution is -2.59. The van der Waals surface area contributed by atoms with E-state index in [1.165, 1.54) is 17.0 Å². The summed E-state index contributed by atoms with van der Waals surface area (Å²) in [7, 11) is 0. The Morgan fingerprint density at radius 1 is 1.19 bits per heavy atom. The Morgan fingerprint density at radius 3 is 2.58 bits per heavy atom. The first-order valence-corrected chi connectivity index (χ1v) is 10.3. The molecule has 1 unspecified atom stereocenters. The molecule has 2 saturated heterocycles. The van der Waals surface area contributed by atoms with Crippen molar-refractivity contribution in [1.29, 1.82) is 0 Å². The zero-order valence-corrected chi connectivity index (χ0v) is 17.5. The third kappa shape index (κ3) is 4.40. The van der Waals surface area contributed by atoms with Crippen LogP contribution in [0.4, 0.5) is 14.9 Å². The number of nitrogens with one attached hydrogen (secondary N) is 2. The lowest BCUT2D eigenvalue weighted by molar-refractivity contribution is -0.134. The van der Waals surface area contributed by atoms with Crippen LogP contribution in [0.25, 0.3) is 0 Å². The summed E-state index contributed by atoms with van der Waals surface area (Å²) in [6.07, 6.45) is -0.271. The first-order valence-electron chi connectivity index (χ1n) is 9.94. The van der Waals surface area contributed by atoms with Crippen molar-refractivity contribution in [1.82, 2.24) is 10.6 Å². The summed E-state index contributed by atoms with van der Waals surface area (Å²) in [5.74, 6) is -2.30. The molecule has 0 spiro atoms. The molecule has 3 amide bonds. The molecule has 162 valence electrons. The molecule has 0 radical (unpaired) electrons. The molecule has 2 aliphatic rings. The number of nitrogens with zero attached hydrogens (tertiary/aromatic N) is 1. The van der Waals surface area contributed by atoms with Gasteiger partial charge in [0.05, 0.1) is 12.0 Å². The third-order valence-corrected chi connectivity index (χ3v) is 5.95. The van der Waals surface area contributed by atoms with Gasteiger partial charge in [-0.25, -0.2) is 9.18 Å². The topological polar surface area (TPSA) is 87.7 Å². The second-order valence-corrected chi connectivity index (χ2v) is 8.08. The van der Waals surface area contributed by atoms with E-state index in [1.54, 1.807) is 12.1 Å². The van der Waals surface area contributed by atoms with Crippen LogP contribution in [0.5, 0.6) is 5.75 Å². The van der Waals surface area contributed by atoms with Gasteiger partial charge in [0.2, 0.25) is 11.8 Å². The summed E-state index contributed by atoms with van der Waals surface area (Å²) >= 11 is 6.22. The van der Waals surface area contributed by atoms with Crippen LogP contribution < -0.4 is 20.3 Å². The highest BCUT2D eigenvalue weighted by Gasteiger charge is 2.33. The van der Waals surface area contributed by atoms with E-state index in [0.29, 0.717) is 23.8 Å². The highest BCUT2D eigenvalue weighted by Crippen LogP contribution is 2.30. The molecule has 2 fully saturated rings. The highest BCUT2D eigenvalue weighted by molar-refractivity contribution is 6.31. The van der Waals surface area contributed by atoms with Crippen LogP contribution in [0.3, 0.4) is 0 Å². The number of amides is 3. The summed E-state index contributed by atoms with van der Waals surface area (Å²) in [5, 5.41) is 5.86. The number of anilines is 1. The zero-order valence-electron chi connectivity index (χ0n) is 16.8. The molecule has 2 heterocycles. The Bertz CT molecular complexity index is 1060. The number of piperidine rings is 1. The molecule has 0 bridgehead atoms. The van der Waals surface area contributed by atoms with Crippen LogP contribution >= 0.6 is 11.6 Å². The average Bonchev–Trinajstić information content (AvgIpc) is 2.67. The van der Waals surface area contributed by atoms with Gasteiger partial charge in [-0.05, 0) is 37.1 Å². The van der Waals surface area contributed by atoms with Crippen molar-refractivity contribution in [2.45, 2.75) is 31.7 Å². The Morgan fingerprint density at radius 2 is 1.97 bits per heavy atom. The van der Waals surface area contributed by atoms with Gasteiger partial charge in [0.1, 0.15) is 11.6 Å². The first kappa shape index (κ1) is 21.3. The summed E-state index contributed by atoms with van der Waals surface area (Å²) in [4.78, 5) is 37.8. The molecule has 0 saturated carbocycles. The van der Waals surface area contributed by atoms with E-state index < -0.39 is 23.7 Å². The predicted octanol–water partition coefficient (Wildman–Crippen LogP) is 3.28. The van der Waals surface area contributed by atoms with Crippen molar-refractivity contribution < 1.29 is 23.5 Å². The van der Waals surface area contributed by atoms with E-state index in [-0.39, 0.29) is 36.1 Å². The van der Waals surface area contributed by atoms with Crippen LogP contribution in [-0.2, 0) is 9.59 Å². The average molecular weight is 446 g/mol. The first-order chi connectivity index (χ1) is 14.8. The van der Waals surface area contributed by atoms with Crippen LogP contribution in [0.1, 0.15) is 29.9 Å². The second-order valence-electron chi connectivity index (χ2n) is 7.67. The van der Waals surface area contributed by atoms with Crippen molar-refractivity contribution in [2.24, 2.45) is 0 Å². The van der Waals surface area contributed by atoms with Gasteiger partial charge >= 0.3 is 6.09 Å². The van der Waals surface area contributed by atoms with Crippen LogP contribution in [0.15, 0.2) is 36.4 Å². The van der Waals surface area contributed by atoms with Crippen molar-refractivity contribution in [3.8, 4) is 5.75 Å². The van der Waals surface area contributed by atoms with Crippen molar-refractivity contribution in [3.05, 3.63) is 58.4 Å². The van der Waals surface area contributed by atoms with Gasteiger partial charge in [0, 0.05) is 41.9 Å². The quantitative estimate of drug-likeness (QED) is 0.705. The standard InChI is InChI=1S/C22H21ClFN3O4/c1-12-2-3-13(8-18(12)23)27(14-10-25-11-14)22(30)31-15-4-5-16(19(24)9-15)17-6-7-20(28)26-21(17)29/h2-5,8-9,14,17,25H,6-7,10-11H2,1H3,(H,26,28,29). The van der Waals surface area contributed by atoms with Gasteiger partial charge in [-0.2, -0.15) is 0 Å². The number of rotatable bonds is 4. The summed E-state index contributed by atoms with van der Waals surface area (Å²) in [5.41, 5.74) is 1.64. The molecule has 9 heteroatoms. The summed E-state index contributed by atoms with van der Waals surface area (Å²) in [6.45, 7) is 3.07. The number of ether oxygens (including phenoxy) is 1. The SMILES string of the molecule is Cc1ccc(N(C(=O)Oc2ccc(C3CCC(=O)NC3=O)c(F)c2)C2CNC2)cc1Cl. The van der Waals surface area contributed by atoms with Crippen LogP contribution in [0.2, 0.25) is 5.02 Å². The van der Waals surface area contributed by atoms with E-state index in [4.69, 9.17) is 16.3 Å². The highest BCUT2D eigenvalue weighted by atomic mass is 35.5. The summed E-state index contributed by atoms with van der Waals surface area (Å²) < 4.78 is 20.2. The number of carbonyl (C=O) groups excluding carboxylic acids is 3. The maximum Gasteiger partial charge on any atom is 0.420 e. The van der Waals surface area contributed by atoms with Crippen molar-refractivity contribution in [2.75, 3.05) is 18.0 Å². The smallest absolute Gasteiger partial charge is 0.410 e. The summed E-state index contributed by atoms with van der Waals surface area (Å²) in [6, 6.07) is 9.12. The number of halogens is 2. The molecular weight excluding hydrogens is 425 g/mol. The number of imide groups is 1. The predicted molar refractivity (Wildman–Crippen MR) is 113 cm³/mol. The Balaban J connectivity index is 1.53. The fourth-order valence-electron chi connectivity index (χ4n) is 3.65. The van der Waals surface area contributed by atoms with Gasteiger partial charge in [0.15, 0.2) is 0 Å². The number of hydrogen-bond donors (Lipinski definition) is 2. The number of hydrogen-bond acceptors (Lipinski definition) is 5. The van der Waals surface area contributed by atoms with Crippen molar-refractivity contribution >= 4 is 35.2 Å². The molecule has 0 aromatic heterocycles. The molecule has 2 aromatic rings. The Hall–Kier alpha value is -2.97. The second kappa shape index (κ2) is 8.64. The molecule has 0 aliphatic carbocycles. The van der Waals surface area contributed by atoms with Crippen LogP contribution in [-0.4, -0.2) is 37.0 Å². The number of carbonyl (C=O) groups is 3. The number of benzene rings is 2. The monoisotopic (exact) mass is 445 g/mol. The molecule has 2 aliphatic heterocycles. The fraction of sp³-hybridized carbons (Fsp3) is 0.318. The van der Waals surface area contributed by atoms with Gasteiger partial charge in [-0.3, -0.25) is 19.8 Å². The van der Waals surface area contributed by atoms with E-state index in [0.717, 1.165) is 11.6 Å². The van der Waals surface area contributed by atoms with Crippen molar-refractivity contribution in [3.63, 3.8) is 0 Å². The molecule has 1 atom stereocenters. The van der Waals surface area contributed by atoms with Gasteiger partial charge in [-0.15, -0.1) is 0 Å². The van der Waals surface area contributed by atoms with Gasteiger partial charge in [0.25, 0.3) is 0 Å². The van der Waals surface area contributed by atoms with Gasteiger partial charge in [-0.1, -0.05) is 23.7 Å². The molecule has 2 N–H and O–H groups in total. The molecular formula is C22H21ClFN3O4. The van der Waals surface area contributed by atoms with E-state index >= 15 is 0 Å². The minimum atomic E-state index is -0.755. The Labute approximate surface area is 183 Å². The minimum absolute atomic E-state index is 0.0223. The lowest BCUT2D eigenvalue weighted by Gasteiger charge is -2.37. The van der Waals surface area contributed by atoms with Gasteiger partial charge < -0.3 is 10.1 Å². The maximum absolute atomic E-state index is 14.7. The maximum atomic E-state index is 14.7. The van der Waals surface area contributed by atoms with E-state index in [2.05, 4.69) is 10.6 Å². The molecule has 4 rings (SSSR count). The normalized spacial score (nSPS) is 18.9. The number of aryl methyl sites for hydroxylation is 1. The minimum Gasteiger partial charge on any atom is -0.410 e. The molecule has 2 aromatic carbocycles. The third-order valence-electron chi connectivity index (χ3n) is 5.55. The molecule has 7 nitrogen and oxygen atoms in total. The fourth-order valence-corrected chi connectivity index (χ4v) is 3.82. The lowest BCUT2D eigenvalue weighted by atomic mass is 9.90.